The van der Waals surface area contributed by atoms with Gasteiger partial charge < -0.3 is 10.4 Å². The summed E-state index contributed by atoms with van der Waals surface area (Å²) in [6, 6.07) is 8.44. The van der Waals surface area contributed by atoms with Crippen molar-refractivity contribution in [2.24, 2.45) is 0 Å². The lowest BCUT2D eigenvalue weighted by Gasteiger charge is -2.38. The maximum atomic E-state index is 10.3. The van der Waals surface area contributed by atoms with Crippen LogP contribution in [-0.4, -0.2) is 23.8 Å². The van der Waals surface area contributed by atoms with E-state index in [9.17, 15) is 5.11 Å². The molecule has 2 nitrogen and oxygen atoms in total. The number of rotatable bonds is 1. The molecule has 1 aromatic carbocycles. The first kappa shape index (κ1) is 10.7. The van der Waals surface area contributed by atoms with Crippen LogP contribution in [0.4, 0.5) is 0 Å². The van der Waals surface area contributed by atoms with Crippen LogP contribution in [-0.2, 0) is 0 Å². The molecule has 2 atom stereocenters. The van der Waals surface area contributed by atoms with Crippen molar-refractivity contribution in [2.75, 3.05) is 13.1 Å². The Labute approximate surface area is 91.3 Å². The van der Waals surface area contributed by atoms with Gasteiger partial charge in [0, 0.05) is 12.5 Å². The zero-order valence-corrected chi connectivity index (χ0v) is 9.46. The molecular weight excluding hydrogens is 186 g/mol. The van der Waals surface area contributed by atoms with Gasteiger partial charge in [-0.1, -0.05) is 29.8 Å². The molecule has 1 fully saturated rings. The number of benzene rings is 1. The number of aliphatic hydroxyl groups is 1. The monoisotopic (exact) mass is 205 g/mol. The summed E-state index contributed by atoms with van der Waals surface area (Å²) in [6.45, 7) is 5.82. The van der Waals surface area contributed by atoms with Gasteiger partial charge in [0.1, 0.15) is 0 Å². The first-order valence-corrected chi connectivity index (χ1v) is 5.59. The van der Waals surface area contributed by atoms with Crippen LogP contribution in [0.5, 0.6) is 0 Å². The summed E-state index contributed by atoms with van der Waals surface area (Å²) in [5.41, 5.74) is 1.93. The number of piperidine rings is 1. The average molecular weight is 205 g/mol. The molecule has 2 unspecified atom stereocenters. The summed E-state index contributed by atoms with van der Waals surface area (Å²) in [4.78, 5) is 0. The highest BCUT2D eigenvalue weighted by Crippen LogP contribution is 2.32. The van der Waals surface area contributed by atoms with Gasteiger partial charge in [-0.15, -0.1) is 0 Å². The highest BCUT2D eigenvalue weighted by Gasteiger charge is 2.35. The van der Waals surface area contributed by atoms with E-state index in [0.29, 0.717) is 0 Å². The highest BCUT2D eigenvalue weighted by molar-refractivity contribution is 5.28. The quantitative estimate of drug-likeness (QED) is 0.733. The molecule has 0 bridgehead atoms. The smallest absolute Gasteiger partial charge is 0.0712 e. The van der Waals surface area contributed by atoms with Gasteiger partial charge in [-0.25, -0.2) is 0 Å². The molecule has 2 N–H and O–H groups in total. The van der Waals surface area contributed by atoms with Crippen molar-refractivity contribution in [2.45, 2.75) is 31.8 Å². The number of hydrogen-bond acceptors (Lipinski definition) is 2. The van der Waals surface area contributed by atoms with E-state index in [1.807, 2.05) is 6.92 Å². The SMILES string of the molecule is Cc1cccc(C2CNCCC2(C)O)c1. The summed E-state index contributed by atoms with van der Waals surface area (Å²) in [5, 5.41) is 13.7. The second-order valence-corrected chi connectivity index (χ2v) is 4.78. The van der Waals surface area contributed by atoms with E-state index in [1.54, 1.807) is 0 Å². The summed E-state index contributed by atoms with van der Waals surface area (Å²) < 4.78 is 0. The van der Waals surface area contributed by atoms with Crippen LogP contribution in [0.2, 0.25) is 0 Å². The van der Waals surface area contributed by atoms with E-state index in [1.165, 1.54) is 11.1 Å². The molecular formula is C13H19NO. The standard InChI is InChI=1S/C13H19NO/c1-10-4-3-5-11(8-10)12-9-14-7-6-13(12,2)15/h3-5,8,12,14-15H,6-7,9H2,1-2H3. The van der Waals surface area contributed by atoms with Crippen LogP contribution in [0.1, 0.15) is 30.4 Å². The molecule has 0 saturated carbocycles. The van der Waals surface area contributed by atoms with Crippen molar-refractivity contribution in [1.82, 2.24) is 5.32 Å². The largest absolute Gasteiger partial charge is 0.389 e. The van der Waals surface area contributed by atoms with Gasteiger partial charge in [0.2, 0.25) is 0 Å². The summed E-state index contributed by atoms with van der Waals surface area (Å²) in [6.07, 6.45) is 0.825. The van der Waals surface area contributed by atoms with Crippen molar-refractivity contribution in [3.63, 3.8) is 0 Å². The van der Waals surface area contributed by atoms with Crippen LogP contribution in [0.3, 0.4) is 0 Å². The van der Waals surface area contributed by atoms with Gasteiger partial charge in [0.15, 0.2) is 0 Å². The van der Waals surface area contributed by atoms with Crippen molar-refractivity contribution in [3.8, 4) is 0 Å². The predicted molar refractivity (Wildman–Crippen MR) is 62.0 cm³/mol. The molecule has 0 radical (unpaired) electrons. The van der Waals surface area contributed by atoms with Crippen LogP contribution in [0.15, 0.2) is 24.3 Å². The van der Waals surface area contributed by atoms with Crippen LogP contribution in [0.25, 0.3) is 0 Å². The Morgan fingerprint density at radius 3 is 2.93 bits per heavy atom. The second kappa shape index (κ2) is 3.95. The molecule has 15 heavy (non-hydrogen) atoms. The lowest BCUT2D eigenvalue weighted by atomic mass is 9.78. The third-order valence-electron chi connectivity index (χ3n) is 3.35. The number of aryl methyl sites for hydroxylation is 1. The summed E-state index contributed by atoms with van der Waals surface area (Å²) in [7, 11) is 0. The van der Waals surface area contributed by atoms with Gasteiger partial charge in [-0.3, -0.25) is 0 Å². The van der Waals surface area contributed by atoms with Gasteiger partial charge >= 0.3 is 0 Å². The average Bonchev–Trinajstić information content (AvgIpc) is 2.17. The molecule has 0 aromatic heterocycles. The molecule has 1 aliphatic rings. The van der Waals surface area contributed by atoms with Crippen LogP contribution >= 0.6 is 0 Å². The van der Waals surface area contributed by atoms with E-state index in [2.05, 4.69) is 36.5 Å². The molecule has 1 heterocycles. The fourth-order valence-corrected chi connectivity index (χ4v) is 2.35. The highest BCUT2D eigenvalue weighted by atomic mass is 16.3. The summed E-state index contributed by atoms with van der Waals surface area (Å²) in [5.74, 6) is 0.214. The topological polar surface area (TPSA) is 32.3 Å². The molecule has 82 valence electrons. The van der Waals surface area contributed by atoms with Gasteiger partial charge in [-0.05, 0) is 32.4 Å². The van der Waals surface area contributed by atoms with E-state index in [0.717, 1.165) is 19.5 Å². The molecule has 2 heteroatoms. The van der Waals surface area contributed by atoms with Crippen molar-refractivity contribution in [3.05, 3.63) is 35.4 Å². The molecule has 0 amide bonds. The molecule has 2 rings (SSSR count). The fraction of sp³-hybridized carbons (Fsp3) is 0.538. The molecule has 1 aliphatic heterocycles. The van der Waals surface area contributed by atoms with E-state index in [4.69, 9.17) is 0 Å². The zero-order valence-electron chi connectivity index (χ0n) is 9.46. The maximum absolute atomic E-state index is 10.3. The Balaban J connectivity index is 2.29. The van der Waals surface area contributed by atoms with Gasteiger partial charge in [-0.2, -0.15) is 0 Å². The second-order valence-electron chi connectivity index (χ2n) is 4.78. The minimum Gasteiger partial charge on any atom is -0.389 e. The van der Waals surface area contributed by atoms with E-state index in [-0.39, 0.29) is 5.92 Å². The maximum Gasteiger partial charge on any atom is 0.0712 e. The molecule has 1 saturated heterocycles. The third kappa shape index (κ3) is 2.21. The normalized spacial score (nSPS) is 31.5. The Kier molecular flexibility index (Phi) is 2.81. The Morgan fingerprint density at radius 1 is 1.47 bits per heavy atom. The molecule has 0 aliphatic carbocycles. The fourth-order valence-electron chi connectivity index (χ4n) is 2.35. The van der Waals surface area contributed by atoms with E-state index < -0.39 is 5.60 Å². The van der Waals surface area contributed by atoms with Gasteiger partial charge in [0.25, 0.3) is 0 Å². The predicted octanol–water partition coefficient (Wildman–Crippen LogP) is 1.82. The first-order chi connectivity index (χ1) is 7.09. The Morgan fingerprint density at radius 2 is 2.27 bits per heavy atom. The lowest BCUT2D eigenvalue weighted by Crippen LogP contribution is -2.46. The summed E-state index contributed by atoms with van der Waals surface area (Å²) >= 11 is 0. The lowest BCUT2D eigenvalue weighted by molar-refractivity contribution is 0.00781. The number of nitrogens with one attached hydrogen (secondary N) is 1. The molecule has 1 aromatic rings. The van der Waals surface area contributed by atoms with Crippen molar-refractivity contribution in [1.29, 1.82) is 0 Å². The van der Waals surface area contributed by atoms with Crippen molar-refractivity contribution < 1.29 is 5.11 Å². The minimum atomic E-state index is -0.570. The van der Waals surface area contributed by atoms with E-state index >= 15 is 0 Å². The van der Waals surface area contributed by atoms with Crippen LogP contribution < -0.4 is 5.32 Å². The Hall–Kier alpha value is -0.860. The zero-order chi connectivity index (χ0) is 10.9. The first-order valence-electron chi connectivity index (χ1n) is 5.59. The molecule has 0 spiro atoms. The van der Waals surface area contributed by atoms with Gasteiger partial charge in [0.05, 0.1) is 5.60 Å². The minimum absolute atomic E-state index is 0.214. The third-order valence-corrected chi connectivity index (χ3v) is 3.35. The van der Waals surface area contributed by atoms with Crippen LogP contribution in [0, 0.1) is 6.92 Å². The van der Waals surface area contributed by atoms with Crippen molar-refractivity contribution >= 4 is 0 Å². The Bertz CT molecular complexity index is 346. The number of hydrogen-bond donors (Lipinski definition) is 2.